The summed E-state index contributed by atoms with van der Waals surface area (Å²) in [6.45, 7) is 2.52. The lowest BCUT2D eigenvalue weighted by Crippen LogP contribution is -2.28. The lowest BCUT2D eigenvalue weighted by molar-refractivity contribution is 0.397. The summed E-state index contributed by atoms with van der Waals surface area (Å²) in [6.07, 6.45) is 0. The van der Waals surface area contributed by atoms with E-state index in [1.807, 2.05) is 37.3 Å². The first-order valence-corrected chi connectivity index (χ1v) is 6.56. The van der Waals surface area contributed by atoms with Gasteiger partial charge in [0.1, 0.15) is 0 Å². The first-order valence-electron chi connectivity index (χ1n) is 6.16. The molecule has 6 heteroatoms. The van der Waals surface area contributed by atoms with E-state index in [4.69, 9.17) is 17.0 Å². The number of aromatic nitrogens is 2. The molecule has 2 aromatic rings. The third kappa shape index (κ3) is 4.17. The fourth-order valence-electron chi connectivity index (χ4n) is 1.62. The van der Waals surface area contributed by atoms with Crippen molar-refractivity contribution >= 4 is 23.3 Å². The van der Waals surface area contributed by atoms with Crippen LogP contribution in [-0.4, -0.2) is 22.2 Å². The predicted molar refractivity (Wildman–Crippen MR) is 82.8 cm³/mol. The quantitative estimate of drug-likeness (QED) is 0.842. The number of rotatable bonds is 4. The van der Waals surface area contributed by atoms with Crippen molar-refractivity contribution in [3.05, 3.63) is 47.7 Å². The van der Waals surface area contributed by atoms with Crippen LogP contribution >= 0.6 is 12.2 Å². The van der Waals surface area contributed by atoms with Gasteiger partial charge in [-0.25, -0.2) is 4.98 Å². The van der Waals surface area contributed by atoms with E-state index in [9.17, 15) is 0 Å². The number of anilines is 1. The maximum Gasteiger partial charge on any atom is 0.232 e. The summed E-state index contributed by atoms with van der Waals surface area (Å²) in [5, 5.41) is 6.52. The van der Waals surface area contributed by atoms with E-state index >= 15 is 0 Å². The molecule has 104 valence electrons. The molecule has 0 fully saturated rings. The maximum atomic E-state index is 5.21. The molecule has 0 atom stereocenters. The van der Waals surface area contributed by atoms with Crippen molar-refractivity contribution in [2.24, 2.45) is 0 Å². The molecule has 2 rings (SSSR count). The Morgan fingerprint density at radius 3 is 2.70 bits per heavy atom. The summed E-state index contributed by atoms with van der Waals surface area (Å²) in [5.41, 5.74) is 1.96. The van der Waals surface area contributed by atoms with E-state index in [0.717, 1.165) is 11.3 Å². The van der Waals surface area contributed by atoms with Crippen molar-refractivity contribution in [1.82, 2.24) is 15.3 Å². The molecule has 0 aliphatic heterocycles. The van der Waals surface area contributed by atoms with Gasteiger partial charge in [-0.05, 0) is 24.7 Å². The van der Waals surface area contributed by atoms with Crippen LogP contribution in [0, 0.1) is 6.92 Å². The third-order valence-electron chi connectivity index (χ3n) is 2.56. The number of hydrogen-bond acceptors (Lipinski definition) is 4. The Morgan fingerprint density at radius 1 is 1.25 bits per heavy atom. The Kier molecular flexibility index (Phi) is 4.84. The van der Waals surface area contributed by atoms with Crippen LogP contribution in [0.25, 0.3) is 0 Å². The second-order valence-electron chi connectivity index (χ2n) is 4.17. The van der Waals surface area contributed by atoms with Crippen LogP contribution in [0.4, 0.5) is 5.95 Å². The van der Waals surface area contributed by atoms with E-state index in [1.54, 1.807) is 13.2 Å². The minimum atomic E-state index is 0.424. The lowest BCUT2D eigenvalue weighted by Gasteiger charge is -2.10. The van der Waals surface area contributed by atoms with Crippen LogP contribution < -0.4 is 15.4 Å². The van der Waals surface area contributed by atoms with E-state index in [-0.39, 0.29) is 0 Å². The average molecular weight is 288 g/mol. The SMILES string of the molecule is COc1cc(C)nc(NC(=S)NCc2ccccc2)n1. The molecule has 0 amide bonds. The van der Waals surface area contributed by atoms with Crippen LogP contribution in [0.2, 0.25) is 0 Å². The van der Waals surface area contributed by atoms with Crippen molar-refractivity contribution in [3.8, 4) is 5.88 Å². The molecule has 1 heterocycles. The zero-order valence-electron chi connectivity index (χ0n) is 11.4. The molecule has 0 radical (unpaired) electrons. The van der Waals surface area contributed by atoms with Gasteiger partial charge in [-0.2, -0.15) is 4.98 Å². The number of ether oxygens (including phenoxy) is 1. The van der Waals surface area contributed by atoms with Crippen molar-refractivity contribution < 1.29 is 4.74 Å². The molecular weight excluding hydrogens is 272 g/mol. The van der Waals surface area contributed by atoms with E-state index in [0.29, 0.717) is 23.5 Å². The predicted octanol–water partition coefficient (Wildman–Crippen LogP) is 2.28. The standard InChI is InChI=1S/C14H16N4OS/c1-10-8-12(19-2)17-13(16-10)18-14(20)15-9-11-6-4-3-5-7-11/h3-8H,9H2,1-2H3,(H2,15,16,17,18,20). The van der Waals surface area contributed by atoms with E-state index in [1.165, 1.54) is 0 Å². The zero-order valence-corrected chi connectivity index (χ0v) is 12.2. The Balaban J connectivity index is 1.93. The van der Waals surface area contributed by atoms with E-state index in [2.05, 4.69) is 20.6 Å². The molecule has 2 N–H and O–H groups in total. The minimum absolute atomic E-state index is 0.424. The number of benzene rings is 1. The van der Waals surface area contributed by atoms with E-state index < -0.39 is 0 Å². The molecule has 0 saturated carbocycles. The summed E-state index contributed by atoms with van der Waals surface area (Å²) in [5.74, 6) is 0.929. The fraction of sp³-hybridized carbons (Fsp3) is 0.214. The summed E-state index contributed by atoms with van der Waals surface area (Å²) >= 11 is 5.21. The van der Waals surface area contributed by atoms with Gasteiger partial charge in [-0.15, -0.1) is 0 Å². The summed E-state index contributed by atoms with van der Waals surface area (Å²) in [6, 6.07) is 11.8. The van der Waals surface area contributed by atoms with Gasteiger partial charge in [-0.3, -0.25) is 0 Å². The molecule has 5 nitrogen and oxygen atoms in total. The van der Waals surface area contributed by atoms with Crippen molar-refractivity contribution in [2.75, 3.05) is 12.4 Å². The second-order valence-corrected chi connectivity index (χ2v) is 4.58. The number of nitrogens with zero attached hydrogens (tertiary/aromatic N) is 2. The van der Waals surface area contributed by atoms with Crippen LogP contribution in [0.15, 0.2) is 36.4 Å². The number of methoxy groups -OCH3 is 1. The number of nitrogens with one attached hydrogen (secondary N) is 2. The molecule has 0 unspecified atom stereocenters. The molecule has 0 aliphatic rings. The summed E-state index contributed by atoms with van der Waals surface area (Å²) < 4.78 is 5.09. The molecule has 0 bridgehead atoms. The number of aryl methyl sites for hydroxylation is 1. The normalized spacial score (nSPS) is 9.90. The van der Waals surface area contributed by atoms with Crippen LogP contribution in [0.3, 0.4) is 0 Å². The fourth-order valence-corrected chi connectivity index (χ4v) is 1.79. The highest BCUT2D eigenvalue weighted by Gasteiger charge is 2.04. The van der Waals surface area contributed by atoms with Gasteiger partial charge in [-0.1, -0.05) is 30.3 Å². The van der Waals surface area contributed by atoms with Gasteiger partial charge >= 0.3 is 0 Å². The second kappa shape index (κ2) is 6.81. The minimum Gasteiger partial charge on any atom is -0.481 e. The van der Waals surface area contributed by atoms with Crippen LogP contribution in [-0.2, 0) is 6.54 Å². The Morgan fingerprint density at radius 2 is 2.00 bits per heavy atom. The smallest absolute Gasteiger partial charge is 0.232 e. The molecule has 0 aliphatic carbocycles. The van der Waals surface area contributed by atoms with Gasteiger partial charge in [0, 0.05) is 18.3 Å². The molecular formula is C14H16N4OS. The Labute approximate surface area is 123 Å². The molecule has 20 heavy (non-hydrogen) atoms. The van der Waals surface area contributed by atoms with Gasteiger partial charge in [0.05, 0.1) is 7.11 Å². The monoisotopic (exact) mass is 288 g/mol. The topological polar surface area (TPSA) is 59.1 Å². The summed E-state index contributed by atoms with van der Waals surface area (Å²) in [7, 11) is 1.57. The molecule has 0 spiro atoms. The van der Waals surface area contributed by atoms with Crippen LogP contribution in [0.5, 0.6) is 5.88 Å². The van der Waals surface area contributed by atoms with Gasteiger partial charge in [0.2, 0.25) is 11.8 Å². The number of hydrogen-bond donors (Lipinski definition) is 2. The maximum absolute atomic E-state index is 5.21. The molecule has 0 saturated heterocycles. The highest BCUT2D eigenvalue weighted by molar-refractivity contribution is 7.80. The highest BCUT2D eigenvalue weighted by Crippen LogP contribution is 2.11. The summed E-state index contributed by atoms with van der Waals surface area (Å²) in [4.78, 5) is 8.42. The lowest BCUT2D eigenvalue weighted by atomic mass is 10.2. The Hall–Kier alpha value is -2.21. The largest absolute Gasteiger partial charge is 0.481 e. The average Bonchev–Trinajstić information content (AvgIpc) is 2.45. The first kappa shape index (κ1) is 14.2. The van der Waals surface area contributed by atoms with Gasteiger partial charge in [0.25, 0.3) is 0 Å². The first-order chi connectivity index (χ1) is 9.67. The van der Waals surface area contributed by atoms with Gasteiger partial charge < -0.3 is 15.4 Å². The van der Waals surface area contributed by atoms with Crippen molar-refractivity contribution in [2.45, 2.75) is 13.5 Å². The van der Waals surface area contributed by atoms with Crippen molar-refractivity contribution in [1.29, 1.82) is 0 Å². The number of thiocarbonyl (C=S) groups is 1. The molecule has 1 aromatic heterocycles. The highest BCUT2D eigenvalue weighted by atomic mass is 32.1. The Bertz CT molecular complexity index is 589. The molecule has 1 aromatic carbocycles. The zero-order chi connectivity index (χ0) is 14.4. The van der Waals surface area contributed by atoms with Crippen molar-refractivity contribution in [3.63, 3.8) is 0 Å². The van der Waals surface area contributed by atoms with Crippen LogP contribution in [0.1, 0.15) is 11.3 Å². The van der Waals surface area contributed by atoms with Gasteiger partial charge in [0.15, 0.2) is 5.11 Å². The third-order valence-corrected chi connectivity index (χ3v) is 2.81.